The molecule has 0 atom stereocenters. The van der Waals surface area contributed by atoms with E-state index in [-0.39, 0.29) is 10.0 Å². The summed E-state index contributed by atoms with van der Waals surface area (Å²) in [4.78, 5) is 11.3. The summed E-state index contributed by atoms with van der Waals surface area (Å²) in [5.74, 6) is 4.31. The van der Waals surface area contributed by atoms with E-state index < -0.39 is 11.7 Å². The van der Waals surface area contributed by atoms with Crippen molar-refractivity contribution in [3.05, 3.63) is 34.1 Å². The van der Waals surface area contributed by atoms with Crippen molar-refractivity contribution in [3.8, 4) is 0 Å². The van der Waals surface area contributed by atoms with Crippen LogP contribution in [-0.2, 0) is 0 Å². The second kappa shape index (κ2) is 3.85. The summed E-state index contributed by atoms with van der Waals surface area (Å²) in [5.41, 5.74) is 0.213. The van der Waals surface area contributed by atoms with Crippen molar-refractivity contribution in [1.82, 2.24) is 5.01 Å². The van der Waals surface area contributed by atoms with Crippen LogP contribution in [0.4, 0.5) is 4.39 Å². The quantitative estimate of drug-likeness (QED) is 0.464. The maximum absolute atomic E-state index is 12.9. The first-order chi connectivity index (χ1) is 6.04. The summed E-state index contributed by atoms with van der Waals surface area (Å²) in [6.45, 7) is 0. The van der Waals surface area contributed by atoms with Crippen LogP contribution >= 0.6 is 15.9 Å². The third-order valence-electron chi connectivity index (χ3n) is 1.50. The van der Waals surface area contributed by atoms with Crippen LogP contribution in [0.15, 0.2) is 22.7 Å². The van der Waals surface area contributed by atoms with Gasteiger partial charge in [0.15, 0.2) is 0 Å². The lowest BCUT2D eigenvalue weighted by Crippen LogP contribution is -2.33. The predicted octanol–water partition coefficient (Wildman–Crippen LogP) is 1.53. The van der Waals surface area contributed by atoms with Crippen LogP contribution in [-0.4, -0.2) is 18.0 Å². The highest BCUT2D eigenvalue weighted by atomic mass is 79.9. The molecule has 1 aromatic rings. The van der Waals surface area contributed by atoms with Gasteiger partial charge in [-0.25, -0.2) is 10.2 Å². The molecule has 0 aromatic heterocycles. The third kappa shape index (κ3) is 2.05. The number of carbonyl (C=O) groups is 1. The summed E-state index contributed by atoms with van der Waals surface area (Å²) in [6, 6.07) is 4.22. The molecule has 0 radical (unpaired) electrons. The molecule has 13 heavy (non-hydrogen) atoms. The first-order valence-corrected chi connectivity index (χ1v) is 4.30. The fourth-order valence-electron chi connectivity index (χ4n) is 0.859. The van der Waals surface area contributed by atoms with Crippen molar-refractivity contribution in [2.45, 2.75) is 0 Å². The molecular weight excluding hydrogens is 239 g/mol. The largest absolute Gasteiger partial charge is 0.280 e. The van der Waals surface area contributed by atoms with E-state index in [9.17, 15) is 9.18 Å². The Morgan fingerprint density at radius 1 is 1.62 bits per heavy atom. The van der Waals surface area contributed by atoms with Gasteiger partial charge in [-0.05, 0) is 28.1 Å². The van der Waals surface area contributed by atoms with Crippen molar-refractivity contribution < 1.29 is 9.18 Å². The maximum atomic E-state index is 12.9. The first kappa shape index (κ1) is 10.1. The number of hydrogen-bond acceptors (Lipinski definition) is 2. The molecule has 0 spiro atoms. The molecule has 0 aliphatic heterocycles. The summed E-state index contributed by atoms with van der Waals surface area (Å²) in [5, 5.41) is 0.902. The number of hydrogen-bond donors (Lipinski definition) is 1. The Morgan fingerprint density at radius 2 is 2.23 bits per heavy atom. The molecule has 1 amide bonds. The number of nitrogens with zero attached hydrogens (tertiary/aromatic N) is 1. The number of benzene rings is 1. The minimum absolute atomic E-state index is 0.136. The molecule has 3 nitrogen and oxygen atoms in total. The normalized spacial score (nSPS) is 9.85. The number of rotatable bonds is 1. The Balaban J connectivity index is 3.15. The summed E-state index contributed by atoms with van der Waals surface area (Å²) in [7, 11) is 1.40. The van der Waals surface area contributed by atoms with Crippen molar-refractivity contribution in [2.24, 2.45) is 5.84 Å². The van der Waals surface area contributed by atoms with Crippen LogP contribution in [0.3, 0.4) is 0 Å². The van der Waals surface area contributed by atoms with Crippen LogP contribution in [0.5, 0.6) is 0 Å². The number of amides is 1. The van der Waals surface area contributed by atoms with Gasteiger partial charge in [-0.3, -0.25) is 9.80 Å². The Hall–Kier alpha value is -0.940. The van der Waals surface area contributed by atoms with Gasteiger partial charge in [0.05, 0.1) is 10.0 Å². The lowest BCUT2D eigenvalue weighted by Gasteiger charge is -2.10. The molecule has 70 valence electrons. The van der Waals surface area contributed by atoms with Gasteiger partial charge in [0.2, 0.25) is 0 Å². The third-order valence-corrected chi connectivity index (χ3v) is 2.31. The fraction of sp³-hybridized carbons (Fsp3) is 0.125. The van der Waals surface area contributed by atoms with Crippen molar-refractivity contribution in [3.63, 3.8) is 0 Å². The molecule has 0 unspecified atom stereocenters. The van der Waals surface area contributed by atoms with Gasteiger partial charge >= 0.3 is 0 Å². The maximum Gasteiger partial charge on any atom is 0.268 e. The molecule has 1 rings (SSSR count). The minimum Gasteiger partial charge on any atom is -0.280 e. The lowest BCUT2D eigenvalue weighted by atomic mass is 10.2. The van der Waals surface area contributed by atoms with Gasteiger partial charge in [0, 0.05) is 7.05 Å². The van der Waals surface area contributed by atoms with E-state index in [1.54, 1.807) is 0 Å². The minimum atomic E-state index is -0.479. The molecule has 5 heteroatoms. The predicted molar refractivity (Wildman–Crippen MR) is 50.4 cm³/mol. The zero-order valence-electron chi connectivity index (χ0n) is 6.92. The fourth-order valence-corrected chi connectivity index (χ4v) is 1.29. The van der Waals surface area contributed by atoms with E-state index in [1.165, 1.54) is 25.2 Å². The van der Waals surface area contributed by atoms with Crippen molar-refractivity contribution >= 4 is 21.8 Å². The van der Waals surface area contributed by atoms with E-state index >= 15 is 0 Å². The topological polar surface area (TPSA) is 46.3 Å². The highest BCUT2D eigenvalue weighted by Gasteiger charge is 2.14. The number of hydrazine groups is 1. The molecule has 0 saturated carbocycles. The van der Waals surface area contributed by atoms with Crippen molar-refractivity contribution in [1.29, 1.82) is 0 Å². The van der Waals surface area contributed by atoms with Gasteiger partial charge in [-0.2, -0.15) is 0 Å². The zero-order valence-corrected chi connectivity index (χ0v) is 8.51. The van der Waals surface area contributed by atoms with E-state index in [2.05, 4.69) is 15.9 Å². The van der Waals surface area contributed by atoms with E-state index in [4.69, 9.17) is 5.84 Å². The van der Waals surface area contributed by atoms with Gasteiger partial charge in [0.25, 0.3) is 5.91 Å². The molecule has 0 bridgehead atoms. The summed E-state index contributed by atoms with van der Waals surface area (Å²) < 4.78 is 13.1. The lowest BCUT2D eigenvalue weighted by molar-refractivity contribution is 0.0793. The Kier molecular flexibility index (Phi) is 3.00. The molecular formula is C8H8BrFN2O. The standard InChI is InChI=1S/C8H8BrFN2O/c1-12(11)8(13)5-3-2-4-6(10)7(5)9/h2-4H,11H2,1H3. The molecule has 0 aliphatic carbocycles. The Labute approximate surface area is 83.4 Å². The number of halogens is 2. The van der Waals surface area contributed by atoms with Gasteiger partial charge in [-0.1, -0.05) is 6.07 Å². The highest BCUT2D eigenvalue weighted by Crippen LogP contribution is 2.20. The smallest absolute Gasteiger partial charge is 0.268 e. The van der Waals surface area contributed by atoms with E-state index in [0.29, 0.717) is 0 Å². The number of nitrogens with two attached hydrogens (primary N) is 1. The highest BCUT2D eigenvalue weighted by molar-refractivity contribution is 9.10. The monoisotopic (exact) mass is 246 g/mol. The van der Waals surface area contributed by atoms with Crippen LogP contribution in [0.2, 0.25) is 0 Å². The summed E-state index contributed by atoms with van der Waals surface area (Å²) in [6.07, 6.45) is 0. The molecule has 0 fully saturated rings. The average Bonchev–Trinajstić information content (AvgIpc) is 2.08. The molecule has 0 saturated heterocycles. The van der Waals surface area contributed by atoms with Gasteiger partial charge in [0.1, 0.15) is 5.82 Å². The Bertz CT molecular complexity index is 341. The molecule has 1 aromatic carbocycles. The molecule has 2 N–H and O–H groups in total. The van der Waals surface area contributed by atoms with E-state index in [0.717, 1.165) is 5.01 Å². The second-order valence-corrected chi connectivity index (χ2v) is 3.31. The van der Waals surface area contributed by atoms with Crippen LogP contribution in [0, 0.1) is 5.82 Å². The first-order valence-electron chi connectivity index (χ1n) is 3.51. The SMILES string of the molecule is CN(N)C(=O)c1cccc(F)c1Br. The Morgan fingerprint density at radius 3 is 2.77 bits per heavy atom. The van der Waals surface area contributed by atoms with Gasteiger partial charge < -0.3 is 0 Å². The van der Waals surface area contributed by atoms with Crippen LogP contribution in [0.1, 0.15) is 10.4 Å². The zero-order chi connectivity index (χ0) is 10.0. The van der Waals surface area contributed by atoms with Crippen LogP contribution < -0.4 is 5.84 Å². The second-order valence-electron chi connectivity index (χ2n) is 2.52. The average molecular weight is 247 g/mol. The summed E-state index contributed by atoms with van der Waals surface area (Å²) >= 11 is 2.97. The van der Waals surface area contributed by atoms with Crippen molar-refractivity contribution in [2.75, 3.05) is 7.05 Å². The molecule has 0 heterocycles. The molecule has 0 aliphatic rings. The van der Waals surface area contributed by atoms with E-state index in [1.807, 2.05) is 0 Å². The number of carbonyl (C=O) groups excluding carboxylic acids is 1. The van der Waals surface area contributed by atoms with Crippen LogP contribution in [0.25, 0.3) is 0 Å². The van der Waals surface area contributed by atoms with Gasteiger partial charge in [-0.15, -0.1) is 0 Å².